The molecule has 0 unspecified atom stereocenters. The lowest BCUT2D eigenvalue weighted by molar-refractivity contribution is 0.103. The first-order valence-corrected chi connectivity index (χ1v) is 12.0. The fourth-order valence-electron chi connectivity index (χ4n) is 3.81. The zero-order chi connectivity index (χ0) is 22.5. The number of hydrogen-bond acceptors (Lipinski definition) is 4. The van der Waals surface area contributed by atoms with Crippen LogP contribution in [-0.2, 0) is 13.0 Å². The SMILES string of the molecule is CCCCc1oc2ccc(N(Cc3ccccc3)SC)cc2c1C(=O)c1ccc(F)cc1. The van der Waals surface area contributed by atoms with Gasteiger partial charge in [0.2, 0.25) is 0 Å². The van der Waals surface area contributed by atoms with E-state index in [0.717, 1.165) is 30.5 Å². The van der Waals surface area contributed by atoms with Crippen LogP contribution in [0.25, 0.3) is 11.0 Å². The quantitative estimate of drug-likeness (QED) is 0.197. The Labute approximate surface area is 192 Å². The molecule has 0 bridgehead atoms. The number of furan rings is 1. The molecule has 5 heteroatoms. The number of fused-ring (bicyclic) bond motifs is 1. The second-order valence-electron chi connectivity index (χ2n) is 7.73. The molecule has 0 saturated carbocycles. The number of nitrogens with zero attached hydrogens (tertiary/aromatic N) is 1. The average Bonchev–Trinajstić information content (AvgIpc) is 3.19. The van der Waals surface area contributed by atoms with Crippen molar-refractivity contribution in [3.63, 3.8) is 0 Å². The molecule has 32 heavy (non-hydrogen) atoms. The first-order chi connectivity index (χ1) is 15.6. The predicted octanol–water partition coefficient (Wildman–Crippen LogP) is 7.43. The van der Waals surface area contributed by atoms with Crippen LogP contribution >= 0.6 is 11.9 Å². The number of ketones is 1. The molecular formula is C27H26FNO2S. The van der Waals surface area contributed by atoms with Crippen molar-refractivity contribution in [2.24, 2.45) is 0 Å². The molecule has 4 aromatic rings. The van der Waals surface area contributed by atoms with Gasteiger partial charge >= 0.3 is 0 Å². The van der Waals surface area contributed by atoms with Gasteiger partial charge in [-0.3, -0.25) is 4.79 Å². The molecule has 164 valence electrons. The minimum atomic E-state index is -0.358. The molecule has 0 aliphatic rings. The van der Waals surface area contributed by atoms with E-state index in [4.69, 9.17) is 4.42 Å². The molecule has 3 nitrogen and oxygen atoms in total. The standard InChI is InChI=1S/C27H26FNO2S/c1-3-4-10-25-26(27(30)20-11-13-21(28)14-12-20)23-17-22(15-16-24(23)31-25)29(32-2)18-19-8-6-5-7-9-19/h5-9,11-17H,3-4,10,18H2,1-2H3. The van der Waals surface area contributed by atoms with Gasteiger partial charge in [0.25, 0.3) is 0 Å². The van der Waals surface area contributed by atoms with Crippen molar-refractivity contribution < 1.29 is 13.6 Å². The third-order valence-electron chi connectivity index (χ3n) is 5.51. The largest absolute Gasteiger partial charge is 0.460 e. The third kappa shape index (κ3) is 4.73. The van der Waals surface area contributed by atoms with E-state index in [1.807, 2.05) is 42.7 Å². The highest BCUT2D eigenvalue weighted by molar-refractivity contribution is 7.99. The van der Waals surface area contributed by atoms with E-state index in [1.165, 1.54) is 29.8 Å². The summed E-state index contributed by atoms with van der Waals surface area (Å²) in [7, 11) is 0. The predicted molar refractivity (Wildman–Crippen MR) is 131 cm³/mol. The Balaban J connectivity index is 1.77. The average molecular weight is 448 g/mol. The number of benzene rings is 3. The number of halogens is 1. The molecular weight excluding hydrogens is 421 g/mol. The molecule has 0 fully saturated rings. The number of anilines is 1. The van der Waals surface area contributed by atoms with Gasteiger partial charge in [0.15, 0.2) is 5.78 Å². The van der Waals surface area contributed by atoms with Gasteiger partial charge in [-0.25, -0.2) is 4.39 Å². The lowest BCUT2D eigenvalue weighted by Crippen LogP contribution is -2.13. The summed E-state index contributed by atoms with van der Waals surface area (Å²) < 4.78 is 21.7. The molecule has 0 atom stereocenters. The lowest BCUT2D eigenvalue weighted by Gasteiger charge is -2.21. The topological polar surface area (TPSA) is 33.5 Å². The van der Waals surface area contributed by atoms with Crippen molar-refractivity contribution in [2.45, 2.75) is 32.7 Å². The van der Waals surface area contributed by atoms with Gasteiger partial charge in [-0.15, -0.1) is 0 Å². The summed E-state index contributed by atoms with van der Waals surface area (Å²) in [6, 6.07) is 22.0. The molecule has 1 aromatic heterocycles. The zero-order valence-electron chi connectivity index (χ0n) is 18.3. The highest BCUT2D eigenvalue weighted by Crippen LogP contribution is 2.34. The second-order valence-corrected chi connectivity index (χ2v) is 8.53. The molecule has 4 rings (SSSR count). The molecule has 3 aromatic carbocycles. The van der Waals surface area contributed by atoms with Crippen molar-refractivity contribution in [1.29, 1.82) is 0 Å². The second kappa shape index (κ2) is 10.0. The fourth-order valence-corrected chi connectivity index (χ4v) is 4.41. The van der Waals surface area contributed by atoms with Crippen molar-refractivity contribution in [1.82, 2.24) is 0 Å². The summed E-state index contributed by atoms with van der Waals surface area (Å²) in [6.45, 7) is 2.86. The maximum absolute atomic E-state index is 13.5. The smallest absolute Gasteiger partial charge is 0.197 e. The molecule has 1 heterocycles. The Morgan fingerprint density at radius 1 is 1.03 bits per heavy atom. The molecule has 0 aliphatic carbocycles. The first-order valence-electron chi connectivity index (χ1n) is 10.8. The number of hydrogen-bond donors (Lipinski definition) is 0. The van der Waals surface area contributed by atoms with Crippen LogP contribution in [-0.4, -0.2) is 12.0 Å². The first kappa shape index (κ1) is 22.2. The number of carbonyl (C=O) groups is 1. The van der Waals surface area contributed by atoms with Crippen molar-refractivity contribution in [3.05, 3.63) is 101 Å². The van der Waals surface area contributed by atoms with E-state index in [0.29, 0.717) is 28.9 Å². The van der Waals surface area contributed by atoms with Gasteiger partial charge in [-0.1, -0.05) is 55.6 Å². The molecule has 0 saturated heterocycles. The minimum absolute atomic E-state index is 0.134. The van der Waals surface area contributed by atoms with Gasteiger partial charge in [-0.05, 0) is 54.4 Å². The van der Waals surface area contributed by atoms with Crippen molar-refractivity contribution in [2.75, 3.05) is 10.6 Å². The molecule has 0 aliphatic heterocycles. The monoisotopic (exact) mass is 447 g/mol. The number of rotatable bonds is 9. The van der Waals surface area contributed by atoms with Crippen molar-refractivity contribution >= 4 is 34.4 Å². The molecule has 0 amide bonds. The van der Waals surface area contributed by atoms with Gasteiger partial charge in [-0.2, -0.15) is 0 Å². The maximum atomic E-state index is 13.5. The van der Waals surface area contributed by atoms with Crippen LogP contribution in [0.5, 0.6) is 0 Å². The Bertz CT molecular complexity index is 1200. The fraction of sp³-hybridized carbons (Fsp3) is 0.222. The van der Waals surface area contributed by atoms with E-state index in [2.05, 4.69) is 23.4 Å². The summed E-state index contributed by atoms with van der Waals surface area (Å²) in [5.41, 5.74) is 3.96. The lowest BCUT2D eigenvalue weighted by atomic mass is 9.98. The van der Waals surface area contributed by atoms with Crippen LogP contribution in [0.4, 0.5) is 10.1 Å². The van der Waals surface area contributed by atoms with Gasteiger partial charge in [0.05, 0.1) is 12.1 Å². The Morgan fingerprint density at radius 3 is 2.47 bits per heavy atom. The molecule has 0 spiro atoms. The highest BCUT2D eigenvalue weighted by Gasteiger charge is 2.23. The van der Waals surface area contributed by atoms with E-state index in [9.17, 15) is 9.18 Å². The van der Waals surface area contributed by atoms with Gasteiger partial charge < -0.3 is 8.72 Å². The van der Waals surface area contributed by atoms with Crippen LogP contribution in [0.3, 0.4) is 0 Å². The summed E-state index contributed by atoms with van der Waals surface area (Å²) in [5, 5.41) is 0.801. The van der Waals surface area contributed by atoms with Gasteiger partial charge in [0.1, 0.15) is 17.2 Å². The van der Waals surface area contributed by atoms with E-state index >= 15 is 0 Å². The normalized spacial score (nSPS) is 11.1. The van der Waals surface area contributed by atoms with Gasteiger partial charge in [0, 0.05) is 29.3 Å². The van der Waals surface area contributed by atoms with Crippen LogP contribution in [0.15, 0.2) is 77.2 Å². The van der Waals surface area contributed by atoms with Crippen LogP contribution in [0.2, 0.25) is 0 Å². The summed E-state index contributed by atoms with van der Waals surface area (Å²) >= 11 is 1.64. The summed E-state index contributed by atoms with van der Waals surface area (Å²) in [4.78, 5) is 13.5. The number of carbonyl (C=O) groups excluding carboxylic acids is 1. The third-order valence-corrected chi connectivity index (χ3v) is 6.29. The van der Waals surface area contributed by atoms with E-state index in [1.54, 1.807) is 11.9 Å². The molecule has 0 N–H and O–H groups in total. The van der Waals surface area contributed by atoms with E-state index in [-0.39, 0.29) is 11.6 Å². The zero-order valence-corrected chi connectivity index (χ0v) is 19.1. The summed E-state index contributed by atoms with van der Waals surface area (Å²) in [5.74, 6) is 0.210. The summed E-state index contributed by atoms with van der Waals surface area (Å²) in [6.07, 6.45) is 4.67. The van der Waals surface area contributed by atoms with Crippen LogP contribution < -0.4 is 4.31 Å². The maximum Gasteiger partial charge on any atom is 0.197 e. The van der Waals surface area contributed by atoms with Crippen LogP contribution in [0, 0.1) is 5.82 Å². The Kier molecular flexibility index (Phi) is 6.96. The van der Waals surface area contributed by atoms with Crippen molar-refractivity contribution in [3.8, 4) is 0 Å². The number of unbranched alkanes of at least 4 members (excludes halogenated alkanes) is 1. The van der Waals surface area contributed by atoms with Crippen LogP contribution in [0.1, 0.15) is 47.0 Å². The number of aryl methyl sites for hydroxylation is 1. The minimum Gasteiger partial charge on any atom is -0.460 e. The highest BCUT2D eigenvalue weighted by atomic mass is 32.2. The molecule has 0 radical (unpaired) electrons. The Hall–Kier alpha value is -3.05. The Morgan fingerprint density at radius 2 is 1.78 bits per heavy atom. The van der Waals surface area contributed by atoms with E-state index < -0.39 is 0 Å².